The number of hydrogen-bond donors (Lipinski definition) is 0. The molecule has 0 spiro atoms. The van der Waals surface area contributed by atoms with E-state index in [1.165, 1.54) is 24.2 Å². The number of fused-ring (bicyclic) bond motifs is 1. The van der Waals surface area contributed by atoms with E-state index < -0.39 is 0 Å². The molecule has 5 saturated carbocycles. The van der Waals surface area contributed by atoms with Crippen molar-refractivity contribution in [1.82, 2.24) is 4.90 Å². The third-order valence-corrected chi connectivity index (χ3v) is 7.86. The normalized spacial score (nSPS) is 46.5. The number of imide groups is 1. The Morgan fingerprint density at radius 3 is 1.79 bits per heavy atom. The lowest BCUT2D eigenvalue weighted by molar-refractivity contribution is -0.152. The van der Waals surface area contributed by atoms with Crippen LogP contribution in [0.3, 0.4) is 0 Å². The molecule has 24 heavy (non-hydrogen) atoms. The van der Waals surface area contributed by atoms with E-state index in [0.717, 1.165) is 44.9 Å². The zero-order valence-electron chi connectivity index (χ0n) is 14.3. The molecule has 2 atom stereocenters. The molecule has 1 saturated heterocycles. The van der Waals surface area contributed by atoms with Crippen molar-refractivity contribution in [3.05, 3.63) is 0 Å². The Hall–Kier alpha value is -1.19. The number of carbonyl (C=O) groups excluding carboxylic acids is 3. The number of Topliss-reactive ketones (excluding diaryl/α,β-unsaturated/α-hetero) is 1. The van der Waals surface area contributed by atoms with Crippen LogP contribution in [0.4, 0.5) is 0 Å². The van der Waals surface area contributed by atoms with E-state index in [4.69, 9.17) is 0 Å². The Morgan fingerprint density at radius 1 is 0.875 bits per heavy atom. The predicted octanol–water partition coefficient (Wildman–Crippen LogP) is 2.95. The number of hydrogen-bond acceptors (Lipinski definition) is 3. The molecule has 6 aliphatic rings. The van der Waals surface area contributed by atoms with E-state index in [-0.39, 0.29) is 41.4 Å². The van der Waals surface area contributed by atoms with Gasteiger partial charge >= 0.3 is 0 Å². The van der Waals surface area contributed by atoms with Gasteiger partial charge < -0.3 is 0 Å². The van der Waals surface area contributed by atoms with E-state index in [2.05, 4.69) is 0 Å². The molecule has 4 heteroatoms. The number of rotatable bonds is 3. The highest BCUT2D eigenvalue weighted by molar-refractivity contribution is 6.08. The van der Waals surface area contributed by atoms with Crippen LogP contribution in [-0.4, -0.2) is 29.0 Å². The fourth-order valence-corrected chi connectivity index (χ4v) is 7.15. The number of amides is 2. The second kappa shape index (κ2) is 5.15. The minimum absolute atomic E-state index is 0.0530. The molecule has 5 aliphatic carbocycles. The fraction of sp³-hybridized carbons (Fsp3) is 0.850. The van der Waals surface area contributed by atoms with Gasteiger partial charge in [0, 0.05) is 5.41 Å². The zero-order valence-corrected chi connectivity index (χ0v) is 14.3. The summed E-state index contributed by atoms with van der Waals surface area (Å²) < 4.78 is 0. The summed E-state index contributed by atoms with van der Waals surface area (Å²) in [5, 5.41) is 0. The molecule has 6 rings (SSSR count). The summed E-state index contributed by atoms with van der Waals surface area (Å²) in [7, 11) is 0. The zero-order chi connectivity index (χ0) is 16.5. The molecule has 1 heterocycles. The van der Waals surface area contributed by atoms with Crippen molar-refractivity contribution in [2.45, 2.75) is 64.2 Å². The number of carbonyl (C=O) groups is 3. The van der Waals surface area contributed by atoms with Crippen LogP contribution < -0.4 is 0 Å². The van der Waals surface area contributed by atoms with Crippen LogP contribution in [-0.2, 0) is 14.4 Å². The highest BCUT2D eigenvalue weighted by atomic mass is 16.2. The number of likely N-dealkylation sites (tertiary alicyclic amines) is 1. The lowest BCUT2D eigenvalue weighted by Gasteiger charge is -2.56. The van der Waals surface area contributed by atoms with Gasteiger partial charge in [0.1, 0.15) is 0 Å². The molecule has 4 nitrogen and oxygen atoms in total. The van der Waals surface area contributed by atoms with E-state index in [1.54, 1.807) is 0 Å². The molecule has 0 aromatic rings. The first kappa shape index (κ1) is 15.1. The van der Waals surface area contributed by atoms with Crippen molar-refractivity contribution in [3.8, 4) is 0 Å². The molecule has 130 valence electrons. The number of nitrogens with zero attached hydrogens (tertiary/aromatic N) is 1. The van der Waals surface area contributed by atoms with Crippen molar-refractivity contribution in [2.24, 2.45) is 35.0 Å². The minimum atomic E-state index is -0.205. The fourth-order valence-electron chi connectivity index (χ4n) is 7.15. The van der Waals surface area contributed by atoms with Gasteiger partial charge in [-0.25, -0.2) is 0 Å². The van der Waals surface area contributed by atoms with Crippen LogP contribution in [0.5, 0.6) is 0 Å². The van der Waals surface area contributed by atoms with Gasteiger partial charge in [-0.15, -0.1) is 0 Å². The first-order chi connectivity index (χ1) is 11.6. The third-order valence-electron chi connectivity index (χ3n) is 7.86. The van der Waals surface area contributed by atoms with E-state index in [9.17, 15) is 14.4 Å². The Bertz CT molecular complexity index is 551. The smallest absolute Gasteiger partial charge is 0.233 e. The van der Waals surface area contributed by atoms with Gasteiger partial charge in [0.2, 0.25) is 11.8 Å². The van der Waals surface area contributed by atoms with Crippen LogP contribution in [0.15, 0.2) is 0 Å². The Balaban J connectivity index is 1.35. The molecule has 1 aliphatic heterocycles. The average molecular weight is 329 g/mol. The monoisotopic (exact) mass is 329 g/mol. The van der Waals surface area contributed by atoms with Crippen molar-refractivity contribution < 1.29 is 14.4 Å². The summed E-state index contributed by atoms with van der Waals surface area (Å²) in [5.74, 6) is 1.98. The molecule has 0 aromatic carbocycles. The summed E-state index contributed by atoms with van der Waals surface area (Å²) in [6, 6.07) is 0. The van der Waals surface area contributed by atoms with Crippen LogP contribution >= 0.6 is 0 Å². The highest BCUT2D eigenvalue weighted by Crippen LogP contribution is 2.60. The first-order valence-electron chi connectivity index (χ1n) is 9.94. The second-order valence-electron chi connectivity index (χ2n) is 9.38. The first-order valence-corrected chi connectivity index (χ1v) is 9.94. The molecular weight excluding hydrogens is 302 g/mol. The summed E-state index contributed by atoms with van der Waals surface area (Å²) >= 11 is 0. The second-order valence-corrected chi connectivity index (χ2v) is 9.38. The molecule has 2 amide bonds. The van der Waals surface area contributed by atoms with E-state index in [0.29, 0.717) is 17.8 Å². The van der Waals surface area contributed by atoms with Gasteiger partial charge in [-0.05, 0) is 69.1 Å². The summed E-state index contributed by atoms with van der Waals surface area (Å²) in [6.07, 6.45) is 10.7. The predicted molar refractivity (Wildman–Crippen MR) is 87.8 cm³/mol. The van der Waals surface area contributed by atoms with E-state index in [1.807, 2.05) is 0 Å². The van der Waals surface area contributed by atoms with Crippen LogP contribution in [0.2, 0.25) is 0 Å². The topological polar surface area (TPSA) is 54.5 Å². The molecule has 4 bridgehead atoms. The summed E-state index contributed by atoms with van der Waals surface area (Å²) in [4.78, 5) is 39.9. The van der Waals surface area contributed by atoms with Crippen LogP contribution in [0.1, 0.15) is 64.2 Å². The lowest BCUT2D eigenvalue weighted by atomic mass is 9.48. The highest BCUT2D eigenvalue weighted by Gasteiger charge is 2.56. The maximum absolute atomic E-state index is 13.2. The molecule has 0 radical (unpaired) electrons. The van der Waals surface area contributed by atoms with Crippen LogP contribution in [0, 0.1) is 35.0 Å². The van der Waals surface area contributed by atoms with Crippen molar-refractivity contribution in [2.75, 3.05) is 6.54 Å². The largest absolute Gasteiger partial charge is 0.297 e. The van der Waals surface area contributed by atoms with Gasteiger partial charge in [-0.1, -0.05) is 12.8 Å². The maximum atomic E-state index is 13.2. The molecule has 0 N–H and O–H groups in total. The molecule has 6 fully saturated rings. The lowest BCUT2D eigenvalue weighted by Crippen LogP contribution is -2.53. The Labute approximate surface area is 143 Å². The summed E-state index contributed by atoms with van der Waals surface area (Å²) in [6.45, 7) is 0.0663. The van der Waals surface area contributed by atoms with Gasteiger partial charge in [0.15, 0.2) is 5.78 Å². The third kappa shape index (κ3) is 2.07. The van der Waals surface area contributed by atoms with Gasteiger partial charge in [0.25, 0.3) is 0 Å². The maximum Gasteiger partial charge on any atom is 0.233 e. The Kier molecular flexibility index (Phi) is 3.24. The number of ketones is 1. The Morgan fingerprint density at radius 2 is 1.33 bits per heavy atom. The van der Waals surface area contributed by atoms with Gasteiger partial charge in [-0.2, -0.15) is 0 Å². The van der Waals surface area contributed by atoms with Gasteiger partial charge in [-0.3, -0.25) is 19.3 Å². The minimum Gasteiger partial charge on any atom is -0.297 e. The van der Waals surface area contributed by atoms with Crippen molar-refractivity contribution in [1.29, 1.82) is 0 Å². The molecule has 0 unspecified atom stereocenters. The van der Waals surface area contributed by atoms with Crippen molar-refractivity contribution >= 4 is 17.6 Å². The quantitative estimate of drug-likeness (QED) is 0.748. The van der Waals surface area contributed by atoms with Crippen molar-refractivity contribution in [3.63, 3.8) is 0 Å². The van der Waals surface area contributed by atoms with E-state index >= 15 is 0 Å². The molecular formula is C20H27NO3. The van der Waals surface area contributed by atoms with Crippen LogP contribution in [0.25, 0.3) is 0 Å². The standard InChI is InChI=1S/C20H27NO3/c22-17(20-8-12-5-13(9-20)7-14(6-12)10-20)11-21-18(23)15-3-1-2-4-16(15)19(21)24/h12-16H,1-11H2/t12?,13?,14?,15-,16-,20?/m1/s1. The van der Waals surface area contributed by atoms with Gasteiger partial charge in [0.05, 0.1) is 18.4 Å². The summed E-state index contributed by atoms with van der Waals surface area (Å²) in [5.41, 5.74) is -0.205. The average Bonchev–Trinajstić information content (AvgIpc) is 2.79. The molecule has 0 aromatic heterocycles. The SMILES string of the molecule is O=C1[C@@H]2CCCC[C@H]2C(=O)N1CC(=O)C12CC3CC(CC(C3)C1)C2.